The molecule has 112 valence electrons. The van der Waals surface area contributed by atoms with Crippen molar-refractivity contribution in [3.05, 3.63) is 41.2 Å². The van der Waals surface area contributed by atoms with Crippen molar-refractivity contribution in [3.63, 3.8) is 0 Å². The maximum atomic E-state index is 10.7. The van der Waals surface area contributed by atoms with Crippen LogP contribution in [0.1, 0.15) is 36.9 Å². The molecule has 0 spiro atoms. The zero-order valence-electron chi connectivity index (χ0n) is 12.4. The van der Waals surface area contributed by atoms with Crippen LogP contribution in [0.4, 0.5) is 0 Å². The summed E-state index contributed by atoms with van der Waals surface area (Å²) >= 11 is 0. The molecule has 1 atom stereocenters. The van der Waals surface area contributed by atoms with Crippen LogP contribution in [0, 0.1) is 0 Å². The fourth-order valence-electron chi connectivity index (χ4n) is 2.53. The van der Waals surface area contributed by atoms with Crippen molar-refractivity contribution >= 4 is 0 Å². The molecule has 1 aliphatic rings. The summed E-state index contributed by atoms with van der Waals surface area (Å²) in [5, 5.41) is 15.1. The first-order valence-corrected chi connectivity index (χ1v) is 7.37. The molecule has 3 rings (SSSR count). The number of hydrogen-bond acceptors (Lipinski definition) is 4. The largest absolute Gasteiger partial charge is 0.486 e. The summed E-state index contributed by atoms with van der Waals surface area (Å²) in [4.78, 5) is 0. The van der Waals surface area contributed by atoms with Gasteiger partial charge in [0.1, 0.15) is 19.3 Å². The average Bonchev–Trinajstić information content (AvgIpc) is 2.97. The normalized spacial score (nSPS) is 15.0. The summed E-state index contributed by atoms with van der Waals surface area (Å²) in [6, 6.07) is 7.53. The number of aliphatic hydroxyl groups excluding tert-OH is 1. The SMILES string of the molecule is CCc1cc(C(O)c2ccc3c(c2)OCCO3)n(CC)n1. The van der Waals surface area contributed by atoms with Crippen LogP contribution in [0.2, 0.25) is 0 Å². The van der Waals surface area contributed by atoms with Gasteiger partial charge in [0, 0.05) is 6.54 Å². The van der Waals surface area contributed by atoms with Crippen LogP contribution < -0.4 is 9.47 Å². The third kappa shape index (κ3) is 2.61. The van der Waals surface area contributed by atoms with Crippen LogP contribution in [0.15, 0.2) is 24.3 Å². The van der Waals surface area contributed by atoms with E-state index in [4.69, 9.17) is 9.47 Å². The monoisotopic (exact) mass is 288 g/mol. The molecule has 0 saturated heterocycles. The Morgan fingerprint density at radius 2 is 1.95 bits per heavy atom. The first-order chi connectivity index (χ1) is 10.2. The predicted molar refractivity (Wildman–Crippen MR) is 78.8 cm³/mol. The Labute approximate surface area is 124 Å². The second-order valence-corrected chi connectivity index (χ2v) is 5.04. The average molecular weight is 288 g/mol. The molecule has 1 N–H and O–H groups in total. The highest BCUT2D eigenvalue weighted by molar-refractivity contribution is 5.45. The van der Waals surface area contributed by atoms with Crippen LogP contribution in [-0.4, -0.2) is 28.1 Å². The lowest BCUT2D eigenvalue weighted by atomic mass is 10.0. The Hall–Kier alpha value is -2.01. The zero-order valence-corrected chi connectivity index (χ0v) is 12.4. The van der Waals surface area contributed by atoms with Crippen molar-refractivity contribution in [3.8, 4) is 11.5 Å². The maximum Gasteiger partial charge on any atom is 0.161 e. The summed E-state index contributed by atoms with van der Waals surface area (Å²) < 4.78 is 12.9. The molecule has 2 aromatic rings. The summed E-state index contributed by atoms with van der Waals surface area (Å²) in [7, 11) is 0. The third-order valence-electron chi connectivity index (χ3n) is 3.69. The van der Waals surface area contributed by atoms with Gasteiger partial charge in [-0.15, -0.1) is 0 Å². The topological polar surface area (TPSA) is 56.5 Å². The van der Waals surface area contributed by atoms with Gasteiger partial charge in [-0.25, -0.2) is 0 Å². The highest BCUT2D eigenvalue weighted by atomic mass is 16.6. The van der Waals surface area contributed by atoms with E-state index in [-0.39, 0.29) is 0 Å². The second-order valence-electron chi connectivity index (χ2n) is 5.04. The summed E-state index contributed by atoms with van der Waals surface area (Å²) in [5.41, 5.74) is 2.59. The van der Waals surface area contributed by atoms with Crippen LogP contribution in [-0.2, 0) is 13.0 Å². The molecule has 2 heterocycles. The number of aryl methyl sites for hydroxylation is 2. The molecule has 0 amide bonds. The molecular weight excluding hydrogens is 268 g/mol. The summed E-state index contributed by atoms with van der Waals surface area (Å²) in [5.74, 6) is 1.42. The minimum Gasteiger partial charge on any atom is -0.486 e. The molecule has 21 heavy (non-hydrogen) atoms. The van der Waals surface area contributed by atoms with Gasteiger partial charge in [0.15, 0.2) is 11.5 Å². The molecule has 5 nitrogen and oxygen atoms in total. The van der Waals surface area contributed by atoms with Gasteiger partial charge in [0.2, 0.25) is 0 Å². The lowest BCUT2D eigenvalue weighted by molar-refractivity contribution is 0.169. The van der Waals surface area contributed by atoms with Crippen molar-refractivity contribution in [1.29, 1.82) is 0 Å². The number of aromatic nitrogens is 2. The Morgan fingerprint density at radius 1 is 1.19 bits per heavy atom. The van der Waals surface area contributed by atoms with Crippen molar-refractivity contribution in [1.82, 2.24) is 9.78 Å². The molecule has 1 aliphatic heterocycles. The Bertz CT molecular complexity index is 636. The Kier molecular flexibility index (Phi) is 3.84. The number of ether oxygens (including phenoxy) is 2. The van der Waals surface area contributed by atoms with Crippen LogP contribution in [0.5, 0.6) is 11.5 Å². The van der Waals surface area contributed by atoms with Crippen molar-refractivity contribution in [2.75, 3.05) is 13.2 Å². The Morgan fingerprint density at radius 3 is 2.67 bits per heavy atom. The zero-order chi connectivity index (χ0) is 14.8. The van der Waals surface area contributed by atoms with E-state index in [2.05, 4.69) is 12.0 Å². The van der Waals surface area contributed by atoms with Gasteiger partial charge < -0.3 is 14.6 Å². The predicted octanol–water partition coefficient (Wildman–Crippen LogP) is 2.32. The lowest BCUT2D eigenvalue weighted by Crippen LogP contribution is -2.16. The highest BCUT2D eigenvalue weighted by Crippen LogP contribution is 2.34. The molecule has 0 aliphatic carbocycles. The van der Waals surface area contributed by atoms with E-state index in [1.165, 1.54) is 0 Å². The van der Waals surface area contributed by atoms with E-state index in [1.807, 2.05) is 35.9 Å². The molecule has 1 aromatic heterocycles. The number of fused-ring (bicyclic) bond motifs is 1. The fourth-order valence-corrected chi connectivity index (χ4v) is 2.53. The van der Waals surface area contributed by atoms with Crippen molar-refractivity contribution in [2.24, 2.45) is 0 Å². The van der Waals surface area contributed by atoms with Gasteiger partial charge in [-0.1, -0.05) is 13.0 Å². The molecule has 1 aromatic carbocycles. The Balaban J connectivity index is 1.94. The van der Waals surface area contributed by atoms with Gasteiger partial charge >= 0.3 is 0 Å². The van der Waals surface area contributed by atoms with E-state index in [9.17, 15) is 5.11 Å². The quantitative estimate of drug-likeness (QED) is 0.938. The molecule has 0 radical (unpaired) electrons. The lowest BCUT2D eigenvalue weighted by Gasteiger charge is -2.20. The molecule has 0 fully saturated rings. The number of nitrogens with zero attached hydrogens (tertiary/aromatic N) is 2. The molecule has 0 saturated carbocycles. The van der Waals surface area contributed by atoms with Gasteiger partial charge in [-0.05, 0) is 37.1 Å². The van der Waals surface area contributed by atoms with Gasteiger partial charge in [0.05, 0.1) is 11.4 Å². The molecule has 1 unspecified atom stereocenters. The highest BCUT2D eigenvalue weighted by Gasteiger charge is 2.20. The molecule has 5 heteroatoms. The molecular formula is C16H20N2O3. The van der Waals surface area contributed by atoms with Crippen LogP contribution >= 0.6 is 0 Å². The van der Waals surface area contributed by atoms with E-state index in [1.54, 1.807) is 0 Å². The van der Waals surface area contributed by atoms with Gasteiger partial charge in [0.25, 0.3) is 0 Å². The maximum absolute atomic E-state index is 10.7. The smallest absolute Gasteiger partial charge is 0.161 e. The van der Waals surface area contributed by atoms with Crippen LogP contribution in [0.3, 0.4) is 0 Å². The van der Waals surface area contributed by atoms with Gasteiger partial charge in [-0.3, -0.25) is 4.68 Å². The van der Waals surface area contributed by atoms with E-state index < -0.39 is 6.10 Å². The second kappa shape index (κ2) is 5.77. The van der Waals surface area contributed by atoms with Crippen molar-refractivity contribution < 1.29 is 14.6 Å². The number of hydrogen-bond donors (Lipinski definition) is 1. The van der Waals surface area contributed by atoms with Crippen molar-refractivity contribution in [2.45, 2.75) is 32.9 Å². The minimum absolute atomic E-state index is 0.541. The van der Waals surface area contributed by atoms with E-state index >= 15 is 0 Å². The number of aliphatic hydroxyl groups is 1. The number of rotatable bonds is 4. The molecule has 0 bridgehead atoms. The summed E-state index contributed by atoms with van der Waals surface area (Å²) in [6.45, 7) is 5.92. The summed E-state index contributed by atoms with van der Waals surface area (Å²) in [6.07, 6.45) is 0.141. The first-order valence-electron chi connectivity index (χ1n) is 7.37. The van der Waals surface area contributed by atoms with Crippen LogP contribution in [0.25, 0.3) is 0 Å². The third-order valence-corrected chi connectivity index (χ3v) is 3.69. The fraction of sp³-hybridized carbons (Fsp3) is 0.438. The number of benzene rings is 1. The van der Waals surface area contributed by atoms with E-state index in [0.29, 0.717) is 19.0 Å². The standard InChI is InChI=1S/C16H20N2O3/c1-3-12-10-13(18(4-2)17-12)16(19)11-5-6-14-15(9-11)21-8-7-20-14/h5-6,9-10,16,19H,3-4,7-8H2,1-2H3. The van der Waals surface area contributed by atoms with Gasteiger partial charge in [-0.2, -0.15) is 5.10 Å². The van der Waals surface area contributed by atoms with E-state index in [0.717, 1.165) is 35.7 Å². The first kappa shape index (κ1) is 13.9. The minimum atomic E-state index is -0.714.